The smallest absolute Gasteiger partial charge is 0.383 e. The van der Waals surface area contributed by atoms with E-state index < -0.39 is 30.4 Å². The number of fused-ring (bicyclic) bond motifs is 2. The van der Waals surface area contributed by atoms with Crippen molar-refractivity contribution in [3.63, 3.8) is 0 Å². The van der Waals surface area contributed by atoms with Gasteiger partial charge in [-0.15, -0.1) is 0 Å². The molecule has 3 N–H and O–H groups in total. The van der Waals surface area contributed by atoms with E-state index in [0.717, 1.165) is 17.5 Å². The van der Waals surface area contributed by atoms with Crippen molar-refractivity contribution >= 4 is 17.3 Å². The zero-order valence-electron chi connectivity index (χ0n) is 19.7. The lowest BCUT2D eigenvalue weighted by atomic mass is 9.76. The first-order valence-corrected chi connectivity index (χ1v) is 11.2. The highest BCUT2D eigenvalue weighted by Crippen LogP contribution is 2.49. The molecule has 3 aromatic heterocycles. The summed E-state index contributed by atoms with van der Waals surface area (Å²) in [5.74, 6) is -4.32. The number of anilines is 2. The molecule has 0 bridgehead atoms. The van der Waals surface area contributed by atoms with Gasteiger partial charge in [0, 0.05) is 12.1 Å². The summed E-state index contributed by atoms with van der Waals surface area (Å²) in [6, 6.07) is 7.85. The fourth-order valence-electron chi connectivity index (χ4n) is 4.45. The van der Waals surface area contributed by atoms with E-state index in [2.05, 4.69) is 36.9 Å². The lowest BCUT2D eigenvalue weighted by Gasteiger charge is -2.27. The van der Waals surface area contributed by atoms with Crippen molar-refractivity contribution in [2.75, 3.05) is 11.1 Å². The second kappa shape index (κ2) is 8.18. The molecule has 0 spiro atoms. The van der Waals surface area contributed by atoms with E-state index in [9.17, 15) is 22.0 Å². The predicted molar refractivity (Wildman–Crippen MR) is 126 cm³/mol. The average Bonchev–Trinajstić information content (AvgIpc) is 3.39. The van der Waals surface area contributed by atoms with Gasteiger partial charge < -0.3 is 11.1 Å². The van der Waals surface area contributed by atoms with E-state index in [4.69, 9.17) is 5.73 Å². The summed E-state index contributed by atoms with van der Waals surface area (Å²) < 4.78 is 66.5. The van der Waals surface area contributed by atoms with E-state index in [1.54, 1.807) is 0 Å². The lowest BCUT2D eigenvalue weighted by molar-refractivity contribution is -0.284. The molecule has 0 saturated carbocycles. The molecule has 1 atom stereocenters. The van der Waals surface area contributed by atoms with E-state index in [0.29, 0.717) is 17.1 Å². The number of nitrogens with one attached hydrogen (secondary N) is 1. The third kappa shape index (κ3) is 3.94. The topological polar surface area (TPSA) is 107 Å². The maximum Gasteiger partial charge on any atom is 0.453 e. The third-order valence-electron chi connectivity index (χ3n) is 6.56. The molecule has 8 nitrogen and oxygen atoms in total. The van der Waals surface area contributed by atoms with Crippen LogP contribution in [-0.4, -0.2) is 41.6 Å². The number of rotatable bonds is 5. The first kappa shape index (κ1) is 24.5. The van der Waals surface area contributed by atoms with Gasteiger partial charge in [-0.3, -0.25) is 0 Å². The van der Waals surface area contributed by atoms with Crippen LogP contribution in [0.1, 0.15) is 35.7 Å². The Hall–Kier alpha value is -4.16. The fraction of sp³-hybridized carbons (Fsp3) is 0.292. The van der Waals surface area contributed by atoms with Gasteiger partial charge in [-0.1, -0.05) is 36.4 Å². The number of hydrogen-bond acceptors (Lipinski definition) is 7. The monoisotopic (exact) mass is 516 g/mol. The largest absolute Gasteiger partial charge is 0.453 e. The van der Waals surface area contributed by atoms with Gasteiger partial charge in [-0.05, 0) is 25.8 Å². The van der Waals surface area contributed by atoms with Crippen LogP contribution in [0.2, 0.25) is 0 Å². The van der Waals surface area contributed by atoms with Crippen molar-refractivity contribution in [1.29, 1.82) is 0 Å². The number of aromatic nitrogens is 6. The Morgan fingerprint density at radius 1 is 1.14 bits per heavy atom. The fourth-order valence-corrected chi connectivity index (χ4v) is 4.45. The van der Waals surface area contributed by atoms with Gasteiger partial charge >= 0.3 is 12.1 Å². The molecule has 0 fully saturated rings. The van der Waals surface area contributed by atoms with Gasteiger partial charge in [0.15, 0.2) is 11.5 Å². The number of nitrogens with zero attached hydrogens (tertiary/aromatic N) is 6. The highest BCUT2D eigenvalue weighted by atomic mass is 19.4. The first-order chi connectivity index (χ1) is 17.3. The molecule has 13 heteroatoms. The minimum atomic E-state index is -5.68. The standard InChI is InChI=1S/C24H21F5N8/c1-12-5-4-6-14(9-12)22(3)13(2)33-20-17(22)18(30)35-19(36-20)16-10-37-21(31-11-32-37)15(34-16)7-8-23(25,26)24(27,28)29/h4-6,9-11H,2,7-8H2,1,3H3,(H3,30,33,35,36). The number of alkyl halides is 5. The Balaban J connectivity index is 1.57. The van der Waals surface area contributed by atoms with Crippen molar-refractivity contribution in [2.24, 2.45) is 0 Å². The molecule has 0 aliphatic carbocycles. The average molecular weight is 516 g/mol. The van der Waals surface area contributed by atoms with Crippen LogP contribution in [0, 0.1) is 6.92 Å². The molecule has 0 saturated heterocycles. The Morgan fingerprint density at radius 3 is 2.59 bits per heavy atom. The number of nitrogens with two attached hydrogens (primary N) is 1. The minimum absolute atomic E-state index is 0.0336. The molecule has 4 heterocycles. The molecule has 0 radical (unpaired) electrons. The van der Waals surface area contributed by atoms with Crippen molar-refractivity contribution in [3.8, 4) is 11.5 Å². The Morgan fingerprint density at radius 2 is 1.89 bits per heavy atom. The number of benzene rings is 1. The Bertz CT molecular complexity index is 1540. The Kier molecular flexibility index (Phi) is 5.42. The zero-order valence-corrected chi connectivity index (χ0v) is 19.7. The summed E-state index contributed by atoms with van der Waals surface area (Å²) in [7, 11) is 0. The molecule has 1 aliphatic rings. The molecule has 5 rings (SSSR count). The highest BCUT2D eigenvalue weighted by Gasteiger charge is 2.56. The van der Waals surface area contributed by atoms with Crippen LogP contribution in [0.3, 0.4) is 0 Å². The molecule has 1 aliphatic heterocycles. The van der Waals surface area contributed by atoms with Crippen LogP contribution in [0.25, 0.3) is 17.2 Å². The summed E-state index contributed by atoms with van der Waals surface area (Å²) in [6.07, 6.45) is -5.34. The first-order valence-electron chi connectivity index (χ1n) is 11.2. The molecule has 4 aromatic rings. The summed E-state index contributed by atoms with van der Waals surface area (Å²) in [6.45, 7) is 8.07. The summed E-state index contributed by atoms with van der Waals surface area (Å²) in [4.78, 5) is 17.2. The number of allylic oxidation sites excluding steroid dienone is 1. The van der Waals surface area contributed by atoms with Gasteiger partial charge in [-0.25, -0.2) is 24.5 Å². The van der Waals surface area contributed by atoms with E-state index in [-0.39, 0.29) is 28.7 Å². The van der Waals surface area contributed by atoms with Crippen molar-refractivity contribution < 1.29 is 22.0 Å². The van der Waals surface area contributed by atoms with Crippen molar-refractivity contribution in [3.05, 3.63) is 71.4 Å². The van der Waals surface area contributed by atoms with Crippen LogP contribution in [0.15, 0.2) is 49.1 Å². The predicted octanol–water partition coefficient (Wildman–Crippen LogP) is 4.85. The number of aryl methyl sites for hydroxylation is 2. The number of nitrogen functional groups attached to an aromatic ring is 1. The maximum absolute atomic E-state index is 13.6. The molecule has 192 valence electrons. The van der Waals surface area contributed by atoms with Gasteiger partial charge in [0.05, 0.1) is 22.9 Å². The van der Waals surface area contributed by atoms with Crippen LogP contribution in [-0.2, 0) is 11.8 Å². The number of halogens is 5. The molecular weight excluding hydrogens is 495 g/mol. The van der Waals surface area contributed by atoms with Crippen LogP contribution in [0.5, 0.6) is 0 Å². The van der Waals surface area contributed by atoms with E-state index >= 15 is 0 Å². The van der Waals surface area contributed by atoms with Gasteiger partial charge in [0.2, 0.25) is 0 Å². The number of hydrogen-bond donors (Lipinski definition) is 2. The molecule has 37 heavy (non-hydrogen) atoms. The quantitative estimate of drug-likeness (QED) is 0.365. The van der Waals surface area contributed by atoms with E-state index in [1.807, 2.05) is 38.1 Å². The summed E-state index contributed by atoms with van der Waals surface area (Å²) in [5.41, 5.74) is 8.90. The highest BCUT2D eigenvalue weighted by molar-refractivity contribution is 5.76. The summed E-state index contributed by atoms with van der Waals surface area (Å²) >= 11 is 0. The van der Waals surface area contributed by atoms with Gasteiger partial charge in [0.25, 0.3) is 0 Å². The van der Waals surface area contributed by atoms with Crippen molar-refractivity contribution in [1.82, 2.24) is 29.5 Å². The third-order valence-corrected chi connectivity index (χ3v) is 6.56. The van der Waals surface area contributed by atoms with Crippen LogP contribution >= 0.6 is 0 Å². The zero-order chi connectivity index (χ0) is 26.8. The van der Waals surface area contributed by atoms with Crippen LogP contribution < -0.4 is 11.1 Å². The molecule has 0 amide bonds. The van der Waals surface area contributed by atoms with E-state index in [1.165, 1.54) is 10.7 Å². The Labute approximate surface area is 207 Å². The molecular formula is C24H21F5N8. The maximum atomic E-state index is 13.6. The minimum Gasteiger partial charge on any atom is -0.383 e. The normalized spacial score (nSPS) is 17.8. The summed E-state index contributed by atoms with van der Waals surface area (Å²) in [5, 5.41) is 7.13. The lowest BCUT2D eigenvalue weighted by Crippen LogP contribution is -2.36. The molecule has 1 aromatic carbocycles. The second-order valence-corrected chi connectivity index (χ2v) is 9.06. The SMILES string of the molecule is C=C1Nc2nc(-c3cn4ncnc4c(CCC(F)(F)C(F)(F)F)n3)nc(N)c2C1(C)c1cccc(C)c1. The second-order valence-electron chi connectivity index (χ2n) is 9.06. The van der Waals surface area contributed by atoms with Gasteiger partial charge in [0.1, 0.15) is 23.7 Å². The van der Waals surface area contributed by atoms with Gasteiger partial charge in [-0.2, -0.15) is 27.1 Å². The van der Waals surface area contributed by atoms with Crippen molar-refractivity contribution in [2.45, 2.75) is 44.2 Å². The molecule has 1 unspecified atom stereocenters. The van der Waals surface area contributed by atoms with Crippen LogP contribution in [0.4, 0.5) is 33.6 Å².